The predicted molar refractivity (Wildman–Crippen MR) is 82.7 cm³/mol. The van der Waals surface area contributed by atoms with Gasteiger partial charge in [-0.05, 0) is 54.4 Å². The molecular weight excluding hydrogens is 290 g/mol. The zero-order chi connectivity index (χ0) is 14.8. The Morgan fingerprint density at radius 2 is 1.65 bits per heavy atom. The molecule has 0 aliphatic carbocycles. The Morgan fingerprint density at radius 3 is 2.15 bits per heavy atom. The minimum absolute atomic E-state index is 0.344. The summed E-state index contributed by atoms with van der Waals surface area (Å²) >= 11 is 1.60. The summed E-state index contributed by atoms with van der Waals surface area (Å²) in [7, 11) is -3.13. The lowest BCUT2D eigenvalue weighted by Crippen LogP contribution is -1.98. The molecule has 0 aliphatic rings. The van der Waals surface area contributed by atoms with Gasteiger partial charge in [0.2, 0.25) is 0 Å². The first-order valence-corrected chi connectivity index (χ1v) is 8.88. The molecule has 2 aromatic rings. The zero-order valence-corrected chi connectivity index (χ0v) is 13.1. The maximum atomic E-state index is 11.4. The Hall–Kier alpha value is -1.30. The highest BCUT2D eigenvalue weighted by atomic mass is 32.2. The van der Waals surface area contributed by atoms with Gasteiger partial charge in [-0.2, -0.15) is 0 Å². The molecule has 0 atom stereocenters. The van der Waals surface area contributed by atoms with Crippen molar-refractivity contribution < 1.29 is 8.42 Å². The summed E-state index contributed by atoms with van der Waals surface area (Å²) in [6, 6.07) is 13.1. The molecule has 5 heteroatoms. The summed E-state index contributed by atoms with van der Waals surface area (Å²) in [6.45, 7) is 2.58. The molecule has 0 saturated carbocycles. The van der Waals surface area contributed by atoms with Crippen LogP contribution in [0.25, 0.3) is 0 Å². The molecule has 0 spiro atoms. The van der Waals surface area contributed by atoms with Crippen LogP contribution < -0.4 is 5.73 Å². The number of nitrogens with two attached hydrogens (primary N) is 1. The van der Waals surface area contributed by atoms with E-state index in [-0.39, 0.29) is 0 Å². The molecule has 0 unspecified atom stereocenters. The molecule has 0 radical (unpaired) electrons. The maximum absolute atomic E-state index is 11.4. The lowest BCUT2D eigenvalue weighted by Gasteiger charge is -2.07. The highest BCUT2D eigenvalue weighted by molar-refractivity contribution is 7.99. The van der Waals surface area contributed by atoms with Crippen LogP contribution in [0.5, 0.6) is 0 Å². The molecule has 0 aromatic heterocycles. The monoisotopic (exact) mass is 307 g/mol. The Balaban J connectivity index is 2.20. The van der Waals surface area contributed by atoms with E-state index in [9.17, 15) is 8.42 Å². The molecule has 20 heavy (non-hydrogen) atoms. The number of hydrogen-bond donors (Lipinski definition) is 1. The maximum Gasteiger partial charge on any atom is 0.175 e. The third-order valence-electron chi connectivity index (χ3n) is 3.02. The van der Waals surface area contributed by atoms with Crippen LogP contribution in [-0.2, 0) is 16.4 Å². The summed E-state index contributed by atoms with van der Waals surface area (Å²) in [4.78, 5) is 2.47. The fraction of sp³-hybridized carbons (Fsp3) is 0.200. The Morgan fingerprint density at radius 1 is 1.05 bits per heavy atom. The summed E-state index contributed by atoms with van der Waals surface area (Å²) < 4.78 is 22.8. The SMILES string of the molecule is Cc1cc(Sc2ccc(S(C)(=O)=O)cc2)ccc1CN. The van der Waals surface area contributed by atoms with E-state index in [0.29, 0.717) is 11.4 Å². The lowest BCUT2D eigenvalue weighted by atomic mass is 10.1. The van der Waals surface area contributed by atoms with Crippen molar-refractivity contribution in [3.63, 3.8) is 0 Å². The van der Waals surface area contributed by atoms with Crippen molar-refractivity contribution in [2.24, 2.45) is 5.73 Å². The largest absolute Gasteiger partial charge is 0.326 e. The molecule has 0 aliphatic heterocycles. The molecule has 0 saturated heterocycles. The van der Waals surface area contributed by atoms with E-state index in [2.05, 4.69) is 6.07 Å². The topological polar surface area (TPSA) is 60.2 Å². The summed E-state index contributed by atoms with van der Waals surface area (Å²) in [5.74, 6) is 0. The Labute approximate surface area is 124 Å². The molecule has 0 bridgehead atoms. The number of rotatable bonds is 4. The minimum Gasteiger partial charge on any atom is -0.326 e. The van der Waals surface area contributed by atoms with Crippen LogP contribution in [0.4, 0.5) is 0 Å². The third-order valence-corrected chi connectivity index (χ3v) is 5.15. The summed E-state index contributed by atoms with van der Waals surface area (Å²) in [6.07, 6.45) is 1.21. The molecular formula is C15H17NO2S2. The zero-order valence-electron chi connectivity index (χ0n) is 11.5. The molecule has 2 rings (SSSR count). The van der Waals surface area contributed by atoms with Gasteiger partial charge in [0.1, 0.15) is 0 Å². The van der Waals surface area contributed by atoms with Crippen LogP contribution in [0.2, 0.25) is 0 Å². The molecule has 0 fully saturated rings. The first-order chi connectivity index (χ1) is 9.40. The molecule has 2 aromatic carbocycles. The van der Waals surface area contributed by atoms with Crippen molar-refractivity contribution >= 4 is 21.6 Å². The Bertz CT molecular complexity index is 707. The fourth-order valence-electron chi connectivity index (χ4n) is 1.85. The Kier molecular flexibility index (Phi) is 4.52. The quantitative estimate of drug-likeness (QED) is 0.943. The summed E-state index contributed by atoms with van der Waals surface area (Å²) in [5, 5.41) is 0. The van der Waals surface area contributed by atoms with E-state index in [0.717, 1.165) is 15.4 Å². The van der Waals surface area contributed by atoms with Gasteiger partial charge in [-0.1, -0.05) is 17.8 Å². The van der Waals surface area contributed by atoms with E-state index in [1.807, 2.05) is 31.2 Å². The minimum atomic E-state index is -3.13. The van der Waals surface area contributed by atoms with Gasteiger partial charge in [0, 0.05) is 22.6 Å². The van der Waals surface area contributed by atoms with Gasteiger partial charge in [-0.25, -0.2) is 8.42 Å². The van der Waals surface area contributed by atoms with Crippen molar-refractivity contribution in [1.29, 1.82) is 0 Å². The molecule has 106 valence electrons. The van der Waals surface area contributed by atoms with Gasteiger partial charge < -0.3 is 5.73 Å². The van der Waals surface area contributed by atoms with E-state index in [1.54, 1.807) is 23.9 Å². The van der Waals surface area contributed by atoms with Crippen molar-refractivity contribution in [3.05, 3.63) is 53.6 Å². The normalized spacial score (nSPS) is 11.6. The van der Waals surface area contributed by atoms with Crippen LogP contribution in [0.1, 0.15) is 11.1 Å². The van der Waals surface area contributed by atoms with Gasteiger partial charge >= 0.3 is 0 Å². The molecule has 2 N–H and O–H groups in total. The average Bonchev–Trinajstić information content (AvgIpc) is 2.38. The van der Waals surface area contributed by atoms with Crippen LogP contribution in [-0.4, -0.2) is 14.7 Å². The first kappa shape index (κ1) is 15.1. The smallest absolute Gasteiger partial charge is 0.175 e. The number of hydrogen-bond acceptors (Lipinski definition) is 4. The molecule has 0 heterocycles. The van der Waals surface area contributed by atoms with Gasteiger partial charge in [0.15, 0.2) is 9.84 Å². The second-order valence-corrected chi connectivity index (χ2v) is 7.80. The first-order valence-electron chi connectivity index (χ1n) is 6.18. The van der Waals surface area contributed by atoms with E-state index in [1.165, 1.54) is 11.8 Å². The van der Waals surface area contributed by atoms with Gasteiger partial charge in [-0.15, -0.1) is 0 Å². The average molecular weight is 307 g/mol. The van der Waals surface area contributed by atoms with Gasteiger partial charge in [-0.3, -0.25) is 0 Å². The third kappa shape index (κ3) is 3.62. The standard InChI is InChI=1S/C15H17NO2S2/c1-11-9-14(4-3-12(11)10-16)19-13-5-7-15(8-6-13)20(2,17)18/h3-9H,10,16H2,1-2H3. The van der Waals surface area contributed by atoms with Crippen LogP contribution >= 0.6 is 11.8 Å². The van der Waals surface area contributed by atoms with E-state index in [4.69, 9.17) is 5.73 Å². The number of benzene rings is 2. The van der Waals surface area contributed by atoms with Crippen molar-refractivity contribution in [1.82, 2.24) is 0 Å². The van der Waals surface area contributed by atoms with Crippen molar-refractivity contribution in [3.8, 4) is 0 Å². The van der Waals surface area contributed by atoms with E-state index < -0.39 is 9.84 Å². The van der Waals surface area contributed by atoms with Gasteiger partial charge in [0.05, 0.1) is 4.90 Å². The van der Waals surface area contributed by atoms with Crippen LogP contribution in [0.15, 0.2) is 57.2 Å². The number of sulfone groups is 1. The highest BCUT2D eigenvalue weighted by Crippen LogP contribution is 2.29. The van der Waals surface area contributed by atoms with E-state index >= 15 is 0 Å². The second kappa shape index (κ2) is 5.99. The van der Waals surface area contributed by atoms with Gasteiger partial charge in [0.25, 0.3) is 0 Å². The highest BCUT2D eigenvalue weighted by Gasteiger charge is 2.07. The predicted octanol–water partition coefficient (Wildman–Crippen LogP) is 3.01. The molecule has 0 amide bonds. The van der Waals surface area contributed by atoms with Crippen molar-refractivity contribution in [2.45, 2.75) is 28.2 Å². The van der Waals surface area contributed by atoms with Crippen LogP contribution in [0.3, 0.4) is 0 Å². The molecule has 3 nitrogen and oxygen atoms in total. The van der Waals surface area contributed by atoms with Crippen molar-refractivity contribution in [2.75, 3.05) is 6.26 Å². The summed E-state index contributed by atoms with van der Waals surface area (Å²) in [5.41, 5.74) is 7.96. The second-order valence-electron chi connectivity index (χ2n) is 4.64. The lowest BCUT2D eigenvalue weighted by molar-refractivity contribution is 0.602. The number of aryl methyl sites for hydroxylation is 1. The van der Waals surface area contributed by atoms with Crippen LogP contribution in [0, 0.1) is 6.92 Å². The fourth-order valence-corrected chi connectivity index (χ4v) is 3.40.